The molecule has 7 rings (SSSR count). The smallest absolute Gasteiger partial charge is 0.0799 e. The van der Waals surface area contributed by atoms with Crippen LogP contribution in [0.1, 0.15) is 52.0 Å². The second kappa shape index (κ2) is 15.2. The van der Waals surface area contributed by atoms with Crippen molar-refractivity contribution in [3.63, 3.8) is 0 Å². The van der Waals surface area contributed by atoms with Crippen molar-refractivity contribution in [2.75, 3.05) is 0 Å². The van der Waals surface area contributed by atoms with E-state index in [9.17, 15) is 0 Å². The van der Waals surface area contributed by atoms with Crippen LogP contribution in [0.5, 0.6) is 0 Å². The molecule has 1 radical (unpaired) electrons. The van der Waals surface area contributed by atoms with Gasteiger partial charge in [-0.2, -0.15) is 11.3 Å². The molecule has 245 valence electrons. The number of rotatable bonds is 6. The molecule has 0 saturated heterocycles. The Morgan fingerprint density at radius 1 is 0.729 bits per heavy atom. The molecule has 0 aliphatic carbocycles. The summed E-state index contributed by atoms with van der Waals surface area (Å²) in [7, 11) is -1.50. The number of aromatic nitrogens is 2. The molecule has 5 heteroatoms. The maximum absolute atomic E-state index is 8.44. The van der Waals surface area contributed by atoms with E-state index in [1.165, 1.54) is 42.0 Å². The summed E-state index contributed by atoms with van der Waals surface area (Å²) in [4.78, 5) is 9.28. The van der Waals surface area contributed by atoms with Gasteiger partial charge in [-0.05, 0) is 55.7 Å². The molecule has 0 fully saturated rings. The zero-order valence-corrected chi connectivity index (χ0v) is 32.9. The Hall–Kier alpha value is -3.73. The normalized spacial score (nSPS) is 12.0. The van der Waals surface area contributed by atoms with Gasteiger partial charge in [0.25, 0.3) is 0 Å². The molecule has 2 nitrogen and oxygen atoms in total. The van der Waals surface area contributed by atoms with Crippen LogP contribution in [0.4, 0.5) is 0 Å². The van der Waals surface area contributed by atoms with Crippen molar-refractivity contribution in [3.05, 3.63) is 139 Å². The third-order valence-corrected chi connectivity index (χ3v) is 11.8. The van der Waals surface area contributed by atoms with Crippen molar-refractivity contribution in [2.45, 2.75) is 59.1 Å². The molecule has 0 unspecified atom stereocenters. The third kappa shape index (κ3) is 7.61. The summed E-state index contributed by atoms with van der Waals surface area (Å²) in [5.74, 6) is -0.129. The molecule has 0 amide bonds. The van der Waals surface area contributed by atoms with E-state index in [1.807, 2.05) is 67.9 Å². The maximum Gasteiger partial charge on any atom is 0.0799 e. The Morgan fingerprint density at radius 2 is 1.48 bits per heavy atom. The van der Waals surface area contributed by atoms with Crippen LogP contribution in [0, 0.1) is 12.1 Å². The first-order chi connectivity index (χ1) is 22.9. The van der Waals surface area contributed by atoms with Gasteiger partial charge in [0, 0.05) is 38.6 Å². The average Bonchev–Trinajstić information content (AvgIpc) is 3.48. The SMILES string of the molecule is CC(C)c1ccnc(-c2[c-]ccc3c2sc2c(-c4ccccc4)cccc23)c1.[2H]C(C)(C)c1cc(-c2[c-]cccc2)ncc1[Si](C)(C)C.[Ir]. The Bertz CT molecular complexity index is 2180. The van der Waals surface area contributed by atoms with E-state index in [1.54, 1.807) is 0 Å². The van der Waals surface area contributed by atoms with Gasteiger partial charge >= 0.3 is 0 Å². The van der Waals surface area contributed by atoms with E-state index >= 15 is 0 Å². The van der Waals surface area contributed by atoms with Crippen molar-refractivity contribution in [3.8, 4) is 33.6 Å². The van der Waals surface area contributed by atoms with E-state index < -0.39 is 14.0 Å². The van der Waals surface area contributed by atoms with Gasteiger partial charge in [0.1, 0.15) is 0 Å². The predicted octanol–water partition coefficient (Wildman–Crippen LogP) is 11.9. The number of hydrogen-bond acceptors (Lipinski definition) is 3. The number of thiophene rings is 1. The zero-order valence-electron chi connectivity index (χ0n) is 29.7. The van der Waals surface area contributed by atoms with Crippen LogP contribution in [0.15, 0.2) is 116 Å². The molecule has 7 aromatic rings. The second-order valence-corrected chi connectivity index (χ2v) is 19.6. The minimum Gasteiger partial charge on any atom is -0.305 e. The maximum atomic E-state index is 8.44. The second-order valence-electron chi connectivity index (χ2n) is 13.5. The number of benzene rings is 4. The summed E-state index contributed by atoms with van der Waals surface area (Å²) in [6.07, 6.45) is 3.90. The first kappa shape index (κ1) is 34.1. The number of nitrogens with zero attached hydrogens (tertiary/aromatic N) is 2. The molecular formula is C43H42IrN2SSi-2. The summed E-state index contributed by atoms with van der Waals surface area (Å²) in [6.45, 7) is 15.2. The van der Waals surface area contributed by atoms with Gasteiger partial charge in [0.2, 0.25) is 0 Å². The van der Waals surface area contributed by atoms with E-state index in [4.69, 9.17) is 1.37 Å². The monoisotopic (exact) mass is 840 g/mol. The fourth-order valence-corrected chi connectivity index (χ4v) is 8.83. The van der Waals surface area contributed by atoms with Gasteiger partial charge in [-0.15, -0.1) is 59.7 Å². The quantitative estimate of drug-likeness (QED) is 0.123. The molecule has 48 heavy (non-hydrogen) atoms. The van der Waals surface area contributed by atoms with Crippen LogP contribution in [-0.2, 0) is 20.1 Å². The Kier molecular flexibility index (Phi) is 10.8. The number of hydrogen-bond donors (Lipinski definition) is 0. The van der Waals surface area contributed by atoms with E-state index in [2.05, 4.69) is 128 Å². The van der Waals surface area contributed by atoms with Crippen molar-refractivity contribution < 1.29 is 21.5 Å². The van der Waals surface area contributed by atoms with Crippen LogP contribution < -0.4 is 5.19 Å². The summed E-state index contributed by atoms with van der Waals surface area (Å²) in [5, 5.41) is 3.86. The van der Waals surface area contributed by atoms with Gasteiger partial charge in [-0.1, -0.05) is 125 Å². The Labute approximate surface area is 306 Å². The molecule has 0 aliphatic rings. The van der Waals surface area contributed by atoms with Crippen LogP contribution in [0.25, 0.3) is 53.8 Å². The van der Waals surface area contributed by atoms with E-state index in [0.717, 1.165) is 28.1 Å². The van der Waals surface area contributed by atoms with Gasteiger partial charge in [0.05, 0.1) is 8.07 Å². The topological polar surface area (TPSA) is 25.8 Å². The van der Waals surface area contributed by atoms with Crippen molar-refractivity contribution >= 4 is 44.8 Å². The minimum absolute atomic E-state index is 0. The fourth-order valence-electron chi connectivity index (χ4n) is 5.91. The zero-order chi connectivity index (χ0) is 34.1. The average molecular weight is 840 g/mol. The summed E-state index contributed by atoms with van der Waals surface area (Å²) in [5.41, 5.74) is 8.94. The van der Waals surface area contributed by atoms with Crippen molar-refractivity contribution in [2.24, 2.45) is 0 Å². The summed E-state index contributed by atoms with van der Waals surface area (Å²) < 4.78 is 11.0. The van der Waals surface area contributed by atoms with Gasteiger partial charge in [-0.25, -0.2) is 0 Å². The molecule has 3 heterocycles. The van der Waals surface area contributed by atoms with Crippen LogP contribution >= 0.6 is 11.3 Å². The molecule has 0 aliphatic heterocycles. The molecule has 0 bridgehead atoms. The fraction of sp³-hybridized carbons (Fsp3) is 0.209. The number of fused-ring (bicyclic) bond motifs is 3. The Balaban J connectivity index is 0.000000199. The first-order valence-electron chi connectivity index (χ1n) is 16.8. The predicted molar refractivity (Wildman–Crippen MR) is 207 cm³/mol. The molecule has 0 atom stereocenters. The molecule has 0 N–H and O–H groups in total. The molecule has 0 spiro atoms. The van der Waals surface area contributed by atoms with Crippen molar-refractivity contribution in [1.82, 2.24) is 9.97 Å². The van der Waals surface area contributed by atoms with Gasteiger partial charge in [0.15, 0.2) is 0 Å². The van der Waals surface area contributed by atoms with Crippen molar-refractivity contribution in [1.29, 1.82) is 0 Å². The first-order valence-corrected chi connectivity index (χ1v) is 20.6. The van der Waals surface area contributed by atoms with Crippen LogP contribution in [-0.4, -0.2) is 18.0 Å². The van der Waals surface area contributed by atoms with Crippen LogP contribution in [0.2, 0.25) is 19.6 Å². The largest absolute Gasteiger partial charge is 0.305 e. The third-order valence-electron chi connectivity index (χ3n) is 8.49. The van der Waals surface area contributed by atoms with E-state index in [-0.39, 0.29) is 20.1 Å². The number of pyridine rings is 2. The van der Waals surface area contributed by atoms with Gasteiger partial charge < -0.3 is 9.97 Å². The molecule has 3 aromatic heterocycles. The van der Waals surface area contributed by atoms with E-state index in [0.29, 0.717) is 5.92 Å². The van der Waals surface area contributed by atoms with Crippen LogP contribution in [0.3, 0.4) is 0 Å². The minimum atomic E-state index is -1.50. The Morgan fingerprint density at radius 3 is 2.17 bits per heavy atom. The molecular weight excluding hydrogens is 797 g/mol. The summed E-state index contributed by atoms with van der Waals surface area (Å²) in [6, 6.07) is 42.3. The standard InChI is InChI=1S/C26H20NS.C17H22NSi.Ir/c1-17(2)19-14-15-27-24(16-19)23-13-7-12-22-21-11-6-10-20(25(21)28-26(22)23)18-8-4-3-5-9-18;1-13(2)15-11-16(14-9-7-6-8-10-14)18-12-17(15)19(3,4)5;/h3-12,14-17H,1-2H3;6-9,11-13H,1-5H3;/q2*-1;/i;13D;. The van der Waals surface area contributed by atoms with Gasteiger partial charge in [-0.3, -0.25) is 0 Å². The molecule has 4 aromatic carbocycles. The molecule has 0 saturated carbocycles. The summed E-state index contributed by atoms with van der Waals surface area (Å²) >= 11 is 1.85.